The summed E-state index contributed by atoms with van der Waals surface area (Å²) in [6.07, 6.45) is 0. The maximum absolute atomic E-state index is 9.81. The Balaban J connectivity index is 1.86. The highest BCUT2D eigenvalue weighted by Gasteiger charge is 2.38. The molecule has 0 unspecified atom stereocenters. The van der Waals surface area contributed by atoms with Crippen LogP contribution < -0.4 is 15.2 Å². The van der Waals surface area contributed by atoms with E-state index in [0.29, 0.717) is 11.5 Å². The summed E-state index contributed by atoms with van der Waals surface area (Å²) in [6, 6.07) is 20.0. The Morgan fingerprint density at radius 1 is 1.18 bits per heavy atom. The molecule has 2 heterocycles. The Bertz CT molecular complexity index is 1060. The van der Waals surface area contributed by atoms with E-state index < -0.39 is 0 Å². The summed E-state index contributed by atoms with van der Waals surface area (Å²) in [6.45, 7) is 2.09. The predicted octanol–water partition coefficient (Wildman–Crippen LogP) is 4.06. The van der Waals surface area contributed by atoms with Gasteiger partial charge in [0.2, 0.25) is 11.8 Å². The number of methoxy groups -OCH3 is 1. The van der Waals surface area contributed by atoms with Gasteiger partial charge in [-0.2, -0.15) is 5.26 Å². The van der Waals surface area contributed by atoms with E-state index in [1.165, 1.54) is 0 Å². The topological polar surface area (TPSA) is 97.0 Å². The normalized spacial score (nSPS) is 16.7. The molecule has 4 rings (SSSR count). The molecule has 140 valence electrons. The van der Waals surface area contributed by atoms with Crippen molar-refractivity contribution in [2.45, 2.75) is 18.8 Å². The largest absolute Gasteiger partial charge is 0.497 e. The van der Waals surface area contributed by atoms with Crippen LogP contribution in [0.4, 0.5) is 0 Å². The van der Waals surface area contributed by atoms with Gasteiger partial charge >= 0.3 is 0 Å². The maximum atomic E-state index is 9.81. The van der Waals surface area contributed by atoms with Gasteiger partial charge in [-0.05, 0) is 35.7 Å². The molecule has 3 aromatic rings. The van der Waals surface area contributed by atoms with E-state index in [9.17, 15) is 5.26 Å². The Hall–Kier alpha value is -3.72. The molecule has 0 fully saturated rings. The second-order valence-corrected chi connectivity index (χ2v) is 6.71. The van der Waals surface area contributed by atoms with E-state index in [1.54, 1.807) is 7.11 Å². The zero-order valence-corrected chi connectivity index (χ0v) is 15.6. The number of hydrogen-bond donors (Lipinski definition) is 2. The number of fused-ring (bicyclic) bond motifs is 1. The van der Waals surface area contributed by atoms with Crippen molar-refractivity contribution in [1.82, 2.24) is 10.2 Å². The molecule has 0 amide bonds. The predicted molar refractivity (Wildman–Crippen MR) is 106 cm³/mol. The average Bonchev–Trinajstić information content (AvgIpc) is 3.16. The summed E-state index contributed by atoms with van der Waals surface area (Å²) < 4.78 is 10.9. The van der Waals surface area contributed by atoms with Crippen LogP contribution in [-0.2, 0) is 0 Å². The minimum Gasteiger partial charge on any atom is -0.497 e. The second-order valence-electron chi connectivity index (χ2n) is 6.71. The summed E-state index contributed by atoms with van der Waals surface area (Å²) in [5, 5.41) is 17.2. The number of hydrogen-bond acceptors (Lipinski definition) is 5. The van der Waals surface area contributed by atoms with Crippen LogP contribution in [0, 0.1) is 11.3 Å². The van der Waals surface area contributed by atoms with Crippen molar-refractivity contribution in [2.75, 3.05) is 7.11 Å². The molecule has 0 saturated carbocycles. The molecule has 2 atom stereocenters. The third-order valence-electron chi connectivity index (χ3n) is 5.19. The van der Waals surface area contributed by atoms with Crippen LogP contribution in [0.1, 0.15) is 29.9 Å². The Morgan fingerprint density at radius 2 is 1.89 bits per heavy atom. The number of ether oxygens (including phenoxy) is 2. The van der Waals surface area contributed by atoms with Gasteiger partial charge in [0, 0.05) is 11.5 Å². The summed E-state index contributed by atoms with van der Waals surface area (Å²) >= 11 is 0. The third kappa shape index (κ3) is 2.87. The molecule has 0 saturated heterocycles. The highest BCUT2D eigenvalue weighted by atomic mass is 16.5. The Morgan fingerprint density at radius 3 is 2.54 bits per heavy atom. The molecule has 0 bridgehead atoms. The van der Waals surface area contributed by atoms with Crippen molar-refractivity contribution in [1.29, 1.82) is 5.26 Å². The minimum absolute atomic E-state index is 0.00616. The lowest BCUT2D eigenvalue weighted by Gasteiger charge is -2.28. The number of nitrogens with two attached hydrogens (primary N) is 1. The number of H-pyrrole nitrogens is 1. The molecule has 6 nitrogen and oxygen atoms in total. The lowest BCUT2D eigenvalue weighted by atomic mass is 9.76. The number of aromatic nitrogens is 2. The van der Waals surface area contributed by atoms with E-state index in [2.05, 4.69) is 35.3 Å². The first-order valence-corrected chi connectivity index (χ1v) is 8.99. The first-order chi connectivity index (χ1) is 13.6. The van der Waals surface area contributed by atoms with Crippen LogP contribution in [0.3, 0.4) is 0 Å². The fourth-order valence-electron chi connectivity index (χ4n) is 3.71. The average molecular weight is 372 g/mol. The van der Waals surface area contributed by atoms with Crippen molar-refractivity contribution < 1.29 is 9.47 Å². The zero-order chi connectivity index (χ0) is 19.7. The van der Waals surface area contributed by atoms with E-state index in [-0.39, 0.29) is 17.7 Å². The molecule has 1 aliphatic heterocycles. The lowest BCUT2D eigenvalue weighted by molar-refractivity contribution is 0.368. The lowest BCUT2D eigenvalue weighted by Crippen LogP contribution is -2.23. The van der Waals surface area contributed by atoms with Gasteiger partial charge in [-0.1, -0.05) is 37.3 Å². The second kappa shape index (κ2) is 7.12. The molecule has 0 aliphatic carbocycles. The van der Waals surface area contributed by atoms with Crippen LogP contribution in [0.15, 0.2) is 66.1 Å². The summed E-state index contributed by atoms with van der Waals surface area (Å²) in [5.41, 5.74) is 10.2. The van der Waals surface area contributed by atoms with E-state index in [4.69, 9.17) is 15.2 Å². The molecule has 1 aliphatic rings. The highest BCUT2D eigenvalue weighted by molar-refractivity contribution is 5.70. The Labute approximate surface area is 163 Å². The van der Waals surface area contributed by atoms with Gasteiger partial charge in [-0.25, -0.2) is 0 Å². The number of benzene rings is 2. The van der Waals surface area contributed by atoms with Crippen LogP contribution in [0.25, 0.3) is 11.3 Å². The van der Waals surface area contributed by atoms with Gasteiger partial charge in [0.05, 0.1) is 23.9 Å². The molecule has 2 aromatic carbocycles. The van der Waals surface area contributed by atoms with Gasteiger partial charge in [0.15, 0.2) is 0 Å². The molecule has 28 heavy (non-hydrogen) atoms. The van der Waals surface area contributed by atoms with Crippen molar-refractivity contribution in [3.8, 4) is 29.0 Å². The standard InChI is InChI=1S/C22H20N4O2/c1-13(14-6-4-3-5-7-14)18-17(12-23)21(24)28-22-19(18)20(25-26-22)15-8-10-16(27-2)11-9-15/h3-11,13,18H,24H2,1-2H3,(H,25,26)/t13-,18-/m0/s1. The number of aromatic amines is 1. The van der Waals surface area contributed by atoms with Gasteiger partial charge < -0.3 is 15.2 Å². The quantitative estimate of drug-likeness (QED) is 0.720. The van der Waals surface area contributed by atoms with Crippen LogP contribution in [-0.4, -0.2) is 17.3 Å². The minimum atomic E-state index is -0.271. The zero-order valence-electron chi connectivity index (χ0n) is 15.6. The van der Waals surface area contributed by atoms with E-state index in [1.807, 2.05) is 42.5 Å². The van der Waals surface area contributed by atoms with Crippen LogP contribution >= 0.6 is 0 Å². The smallest absolute Gasteiger partial charge is 0.244 e. The molecule has 3 N–H and O–H groups in total. The molecule has 0 spiro atoms. The third-order valence-corrected chi connectivity index (χ3v) is 5.19. The van der Waals surface area contributed by atoms with Crippen LogP contribution in [0.5, 0.6) is 11.6 Å². The fourth-order valence-corrected chi connectivity index (χ4v) is 3.71. The van der Waals surface area contributed by atoms with Gasteiger partial charge in [0.25, 0.3) is 0 Å². The number of nitrogens with one attached hydrogen (secondary N) is 1. The van der Waals surface area contributed by atoms with Crippen molar-refractivity contribution in [2.24, 2.45) is 5.73 Å². The van der Waals surface area contributed by atoms with Gasteiger partial charge in [0.1, 0.15) is 11.8 Å². The number of rotatable bonds is 4. The fraction of sp³-hybridized carbons (Fsp3) is 0.182. The SMILES string of the molecule is COc1ccc(-c2[nH]nc3c2[C@@H]([C@@H](C)c2ccccc2)C(C#N)=C(N)O3)cc1. The van der Waals surface area contributed by atoms with Gasteiger partial charge in [-0.15, -0.1) is 5.10 Å². The summed E-state index contributed by atoms with van der Waals surface area (Å²) in [7, 11) is 1.63. The monoisotopic (exact) mass is 372 g/mol. The highest BCUT2D eigenvalue weighted by Crippen LogP contribution is 2.48. The first-order valence-electron chi connectivity index (χ1n) is 8.99. The molecular formula is C22H20N4O2. The molecular weight excluding hydrogens is 352 g/mol. The van der Waals surface area contributed by atoms with Gasteiger partial charge in [-0.3, -0.25) is 5.10 Å². The van der Waals surface area contributed by atoms with Crippen LogP contribution in [0.2, 0.25) is 0 Å². The summed E-state index contributed by atoms with van der Waals surface area (Å²) in [4.78, 5) is 0. The Kier molecular flexibility index (Phi) is 4.50. The summed E-state index contributed by atoms with van der Waals surface area (Å²) in [5.74, 6) is 1.02. The number of nitriles is 1. The van der Waals surface area contributed by atoms with Crippen molar-refractivity contribution >= 4 is 0 Å². The molecule has 1 aromatic heterocycles. The van der Waals surface area contributed by atoms with Crippen molar-refractivity contribution in [3.05, 3.63) is 77.2 Å². The maximum Gasteiger partial charge on any atom is 0.244 e. The first kappa shape index (κ1) is 17.7. The molecule has 6 heteroatoms. The number of nitrogens with zero attached hydrogens (tertiary/aromatic N) is 2. The van der Waals surface area contributed by atoms with Crippen molar-refractivity contribution in [3.63, 3.8) is 0 Å². The van der Waals surface area contributed by atoms with E-state index >= 15 is 0 Å². The number of allylic oxidation sites excluding steroid dienone is 1. The molecule has 0 radical (unpaired) electrons. The van der Waals surface area contributed by atoms with E-state index in [0.717, 1.165) is 28.1 Å².